The molecule has 0 amide bonds. The fraction of sp³-hybridized carbons (Fsp3) is 0.792. The Morgan fingerprint density at radius 1 is 0.633 bits per heavy atom. The number of allylic oxidation sites excluding steroid dienone is 2. The van der Waals surface area contributed by atoms with Crippen LogP contribution in [0.3, 0.4) is 0 Å². The third-order valence-corrected chi connectivity index (χ3v) is 4.64. The molecule has 0 saturated heterocycles. The van der Waals surface area contributed by atoms with Crippen molar-refractivity contribution in [2.24, 2.45) is 0 Å². The van der Waals surface area contributed by atoms with E-state index in [-0.39, 0.29) is 18.8 Å². The lowest BCUT2D eigenvalue weighted by Crippen LogP contribution is -2.04. The monoisotopic (exact) mass is 428 g/mol. The first kappa shape index (κ1) is 30.3. The summed E-state index contributed by atoms with van der Waals surface area (Å²) in [5.74, 6) is -1.55. The number of esters is 2. The van der Waals surface area contributed by atoms with Crippen molar-refractivity contribution in [2.45, 2.75) is 110 Å². The van der Waals surface area contributed by atoms with Crippen molar-refractivity contribution in [1.82, 2.24) is 0 Å². The number of hydrogen-bond donors (Lipinski definition) is 1. The van der Waals surface area contributed by atoms with Crippen molar-refractivity contribution in [2.75, 3.05) is 14.2 Å². The predicted molar refractivity (Wildman–Crippen MR) is 120 cm³/mol. The molecule has 0 spiro atoms. The molecule has 1 N–H and O–H groups in total. The number of carbonyl (C=O) groups excluding carboxylic acids is 2. The molecule has 176 valence electrons. The molecule has 6 heteroatoms. The Hall–Kier alpha value is -1.85. The largest absolute Gasteiger partial charge is 0.481 e. The van der Waals surface area contributed by atoms with Crippen molar-refractivity contribution >= 4 is 17.9 Å². The normalized spacial score (nSPS) is 10.4. The molecule has 0 rings (SSSR count). The van der Waals surface area contributed by atoms with Crippen LogP contribution in [0.25, 0.3) is 0 Å². The Balaban J connectivity index is 0. The minimum absolute atomic E-state index is 0.0498. The molecular weight excluding hydrogens is 384 g/mol. The van der Waals surface area contributed by atoms with E-state index in [2.05, 4.69) is 28.5 Å². The maximum Gasteiger partial charge on any atom is 0.306 e. The van der Waals surface area contributed by atoms with E-state index in [0.29, 0.717) is 6.42 Å². The zero-order chi connectivity index (χ0) is 22.9. The number of methoxy groups -OCH3 is 2. The molecule has 6 nitrogen and oxygen atoms in total. The average molecular weight is 429 g/mol. The van der Waals surface area contributed by atoms with Gasteiger partial charge in [-0.15, -0.1) is 0 Å². The summed E-state index contributed by atoms with van der Waals surface area (Å²) in [5, 5.41) is 8.05. The Labute approximate surface area is 183 Å². The lowest BCUT2D eigenvalue weighted by molar-refractivity contribution is -0.145. The van der Waals surface area contributed by atoms with Gasteiger partial charge in [0.15, 0.2) is 0 Å². The van der Waals surface area contributed by atoms with Crippen molar-refractivity contribution < 1.29 is 29.0 Å². The van der Waals surface area contributed by atoms with Gasteiger partial charge < -0.3 is 14.6 Å². The highest BCUT2D eigenvalue weighted by atomic mass is 16.5. The first-order valence-electron chi connectivity index (χ1n) is 11.5. The second kappa shape index (κ2) is 25.2. The number of carbonyl (C=O) groups is 3. The van der Waals surface area contributed by atoms with Crippen LogP contribution in [0, 0.1) is 0 Å². The molecule has 0 saturated carbocycles. The standard InChI is InChI=1S/C19H36O2.C5H8O4/c1-3-4-5-6-7-8-9-10-11-12-13-14-15-16-17-18-19(20)21-2;1-9-5(8)3-2-4(6)7/h10-11H,3-9,12-18H2,1-2H3;2-3H2,1H3,(H,6,7)/b11-10-;. The van der Waals surface area contributed by atoms with E-state index < -0.39 is 11.9 Å². The van der Waals surface area contributed by atoms with Crippen molar-refractivity contribution in [3.8, 4) is 0 Å². The van der Waals surface area contributed by atoms with Crippen LogP contribution in [0.15, 0.2) is 12.2 Å². The Kier molecular flexibility index (Phi) is 25.5. The number of aliphatic carboxylic acids is 1. The third kappa shape index (κ3) is 28.4. The van der Waals surface area contributed by atoms with Gasteiger partial charge in [0.2, 0.25) is 0 Å². The van der Waals surface area contributed by atoms with E-state index in [1.165, 1.54) is 84.8 Å². The van der Waals surface area contributed by atoms with Crippen LogP contribution in [0.2, 0.25) is 0 Å². The van der Waals surface area contributed by atoms with Gasteiger partial charge in [0.25, 0.3) is 0 Å². The van der Waals surface area contributed by atoms with Crippen molar-refractivity contribution in [3.63, 3.8) is 0 Å². The van der Waals surface area contributed by atoms with Gasteiger partial charge in [-0.2, -0.15) is 0 Å². The summed E-state index contributed by atoms with van der Waals surface area (Å²) < 4.78 is 8.82. The van der Waals surface area contributed by atoms with Gasteiger partial charge in [-0.3, -0.25) is 14.4 Å². The fourth-order valence-electron chi connectivity index (χ4n) is 2.75. The van der Waals surface area contributed by atoms with Gasteiger partial charge in [0.1, 0.15) is 0 Å². The quantitative estimate of drug-likeness (QED) is 0.158. The molecule has 0 aromatic carbocycles. The Morgan fingerprint density at radius 2 is 1.07 bits per heavy atom. The Morgan fingerprint density at radius 3 is 1.53 bits per heavy atom. The van der Waals surface area contributed by atoms with Crippen LogP contribution < -0.4 is 0 Å². The second-order valence-corrected chi connectivity index (χ2v) is 7.38. The van der Waals surface area contributed by atoms with Crippen molar-refractivity contribution in [1.29, 1.82) is 0 Å². The molecule has 0 aliphatic carbocycles. The summed E-state index contributed by atoms with van der Waals surface area (Å²) in [5.41, 5.74) is 0. The fourth-order valence-corrected chi connectivity index (χ4v) is 2.75. The first-order chi connectivity index (χ1) is 14.5. The molecule has 0 aromatic heterocycles. The number of carboxylic acids is 1. The van der Waals surface area contributed by atoms with Crippen LogP contribution in [-0.2, 0) is 23.9 Å². The minimum Gasteiger partial charge on any atom is -0.481 e. The summed E-state index contributed by atoms with van der Waals surface area (Å²) in [7, 11) is 2.68. The van der Waals surface area contributed by atoms with Gasteiger partial charge in [0, 0.05) is 6.42 Å². The van der Waals surface area contributed by atoms with Crippen LogP contribution in [0.4, 0.5) is 0 Å². The maximum atomic E-state index is 10.9. The van der Waals surface area contributed by atoms with E-state index in [9.17, 15) is 14.4 Å². The highest BCUT2D eigenvalue weighted by Gasteiger charge is 2.03. The number of ether oxygens (including phenoxy) is 2. The van der Waals surface area contributed by atoms with Gasteiger partial charge in [-0.1, -0.05) is 70.4 Å². The molecule has 0 aromatic rings. The summed E-state index contributed by atoms with van der Waals surface area (Å²) in [6.45, 7) is 2.27. The molecule has 0 aliphatic rings. The van der Waals surface area contributed by atoms with Gasteiger partial charge in [-0.05, 0) is 32.1 Å². The molecule has 0 aliphatic heterocycles. The third-order valence-electron chi connectivity index (χ3n) is 4.64. The van der Waals surface area contributed by atoms with E-state index in [1.807, 2.05) is 0 Å². The maximum absolute atomic E-state index is 10.9. The number of hydrogen-bond acceptors (Lipinski definition) is 5. The molecular formula is C24H44O6. The molecule has 0 radical (unpaired) electrons. The topological polar surface area (TPSA) is 89.9 Å². The SMILES string of the molecule is CCCCCCCC/C=C\CCCCCCCC(=O)OC.COC(=O)CCC(=O)O. The van der Waals surface area contributed by atoms with Gasteiger partial charge in [-0.25, -0.2) is 0 Å². The number of carboxylic acid groups (broad SMARTS) is 1. The first-order valence-corrected chi connectivity index (χ1v) is 11.5. The highest BCUT2D eigenvalue weighted by Crippen LogP contribution is 2.10. The highest BCUT2D eigenvalue weighted by molar-refractivity contribution is 5.76. The molecule has 0 bridgehead atoms. The summed E-state index contributed by atoms with van der Waals surface area (Å²) >= 11 is 0. The molecule has 0 atom stereocenters. The Bertz CT molecular complexity index is 445. The van der Waals surface area contributed by atoms with Crippen LogP contribution >= 0.6 is 0 Å². The lowest BCUT2D eigenvalue weighted by atomic mass is 10.1. The number of rotatable bonds is 18. The van der Waals surface area contributed by atoms with E-state index in [1.54, 1.807) is 0 Å². The van der Waals surface area contributed by atoms with Crippen LogP contribution in [0.1, 0.15) is 110 Å². The van der Waals surface area contributed by atoms with Crippen molar-refractivity contribution in [3.05, 3.63) is 12.2 Å². The molecule has 0 fully saturated rings. The minimum atomic E-state index is -0.986. The zero-order valence-electron chi connectivity index (χ0n) is 19.5. The van der Waals surface area contributed by atoms with E-state index in [4.69, 9.17) is 5.11 Å². The van der Waals surface area contributed by atoms with Crippen LogP contribution in [-0.4, -0.2) is 37.2 Å². The van der Waals surface area contributed by atoms with Gasteiger partial charge in [0.05, 0.1) is 27.1 Å². The second-order valence-electron chi connectivity index (χ2n) is 7.38. The summed E-state index contributed by atoms with van der Waals surface area (Å²) in [6, 6.07) is 0. The van der Waals surface area contributed by atoms with E-state index in [0.717, 1.165) is 12.8 Å². The van der Waals surface area contributed by atoms with Crippen LogP contribution in [0.5, 0.6) is 0 Å². The van der Waals surface area contributed by atoms with E-state index >= 15 is 0 Å². The molecule has 0 heterocycles. The molecule has 30 heavy (non-hydrogen) atoms. The molecule has 0 unspecified atom stereocenters. The summed E-state index contributed by atoms with van der Waals surface area (Å²) in [6.07, 6.45) is 21.8. The predicted octanol–water partition coefficient (Wildman–Crippen LogP) is 6.22. The average Bonchev–Trinajstić information content (AvgIpc) is 2.74. The van der Waals surface area contributed by atoms with Gasteiger partial charge >= 0.3 is 17.9 Å². The number of unbranched alkanes of at least 4 members (excludes halogenated alkanes) is 11. The zero-order valence-corrected chi connectivity index (χ0v) is 19.5. The smallest absolute Gasteiger partial charge is 0.306 e. The summed E-state index contributed by atoms with van der Waals surface area (Å²) in [4.78, 5) is 31.0. The lowest BCUT2D eigenvalue weighted by Gasteiger charge is -2.00.